The van der Waals surface area contributed by atoms with Gasteiger partial charge in [-0.1, -0.05) is 6.92 Å². The zero-order valence-electron chi connectivity index (χ0n) is 17.7. The maximum atomic E-state index is 12.5. The number of rotatable bonds is 8. The van der Waals surface area contributed by atoms with Crippen LogP contribution in [-0.4, -0.2) is 44.9 Å². The van der Waals surface area contributed by atoms with Gasteiger partial charge in [0.1, 0.15) is 5.75 Å². The summed E-state index contributed by atoms with van der Waals surface area (Å²) in [6.45, 7) is 2.61. The first-order chi connectivity index (χ1) is 14.9. The molecule has 3 N–H and O–H groups in total. The Bertz CT molecular complexity index is 908. The van der Waals surface area contributed by atoms with Crippen molar-refractivity contribution in [1.82, 2.24) is 16.2 Å². The van der Waals surface area contributed by atoms with Crippen LogP contribution in [0.1, 0.15) is 34.1 Å². The van der Waals surface area contributed by atoms with Crippen LogP contribution in [0.2, 0.25) is 0 Å². The summed E-state index contributed by atoms with van der Waals surface area (Å²) < 4.78 is 21.2. The summed E-state index contributed by atoms with van der Waals surface area (Å²) in [5.74, 6) is 0.749. The van der Waals surface area contributed by atoms with Gasteiger partial charge in [-0.05, 0) is 55.0 Å². The number of carbonyl (C=O) groups is 2. The maximum Gasteiger partial charge on any atom is 0.269 e. The topological polar surface area (TPSA) is 107 Å². The third-order valence-electron chi connectivity index (χ3n) is 4.03. The van der Waals surface area contributed by atoms with Crippen LogP contribution in [0.3, 0.4) is 0 Å². The van der Waals surface area contributed by atoms with Crippen molar-refractivity contribution in [1.29, 1.82) is 0 Å². The molecule has 0 saturated carbocycles. The van der Waals surface area contributed by atoms with E-state index in [4.69, 9.17) is 31.2 Å². The first-order valence-corrected chi connectivity index (χ1v) is 9.78. The lowest BCUT2D eigenvalue weighted by Gasteiger charge is -2.15. The number of nitrogens with one attached hydrogen (secondary N) is 3. The number of methoxy groups -OCH3 is 3. The summed E-state index contributed by atoms with van der Waals surface area (Å²) in [7, 11) is 4.36. The van der Waals surface area contributed by atoms with Crippen LogP contribution in [0.25, 0.3) is 0 Å². The molecule has 9 nitrogen and oxygen atoms in total. The Morgan fingerprint density at radius 1 is 0.871 bits per heavy atom. The van der Waals surface area contributed by atoms with Crippen LogP contribution >= 0.6 is 12.2 Å². The second kappa shape index (κ2) is 11.6. The minimum absolute atomic E-state index is 0.0721. The Hall–Kier alpha value is -3.53. The molecule has 0 heterocycles. The van der Waals surface area contributed by atoms with Crippen LogP contribution < -0.4 is 35.1 Å². The molecule has 10 heteroatoms. The third kappa shape index (κ3) is 6.48. The number of benzene rings is 2. The highest BCUT2D eigenvalue weighted by molar-refractivity contribution is 7.80. The fraction of sp³-hybridized carbons (Fsp3) is 0.286. The normalized spacial score (nSPS) is 9.94. The van der Waals surface area contributed by atoms with Gasteiger partial charge in [-0.15, -0.1) is 0 Å². The minimum Gasteiger partial charge on any atom is -0.494 e. The molecule has 2 aromatic carbocycles. The van der Waals surface area contributed by atoms with Gasteiger partial charge in [-0.3, -0.25) is 25.8 Å². The molecule has 0 bridgehead atoms. The number of amides is 2. The lowest BCUT2D eigenvalue weighted by Crippen LogP contribution is -2.48. The van der Waals surface area contributed by atoms with E-state index in [2.05, 4.69) is 16.2 Å². The van der Waals surface area contributed by atoms with E-state index in [1.807, 2.05) is 6.92 Å². The molecule has 0 fully saturated rings. The van der Waals surface area contributed by atoms with Crippen molar-refractivity contribution in [3.05, 3.63) is 47.5 Å². The summed E-state index contributed by atoms with van der Waals surface area (Å²) in [6.07, 6.45) is 0.893. The summed E-state index contributed by atoms with van der Waals surface area (Å²) in [6, 6.07) is 9.62. The summed E-state index contributed by atoms with van der Waals surface area (Å²) in [5.41, 5.74) is 5.53. The maximum absolute atomic E-state index is 12.5. The predicted molar refractivity (Wildman–Crippen MR) is 119 cm³/mol. The van der Waals surface area contributed by atoms with E-state index in [1.165, 1.54) is 33.5 Å². The fourth-order valence-corrected chi connectivity index (χ4v) is 2.67. The summed E-state index contributed by atoms with van der Waals surface area (Å²) >= 11 is 5.07. The number of ether oxygens (including phenoxy) is 4. The summed E-state index contributed by atoms with van der Waals surface area (Å²) in [5, 5.41) is 2.41. The Kier molecular flexibility index (Phi) is 8.89. The Morgan fingerprint density at radius 3 is 2.00 bits per heavy atom. The second-order valence-corrected chi connectivity index (χ2v) is 6.56. The quantitative estimate of drug-likeness (QED) is 0.419. The molecular weight excluding hydrogens is 422 g/mol. The molecule has 166 valence electrons. The van der Waals surface area contributed by atoms with E-state index in [-0.39, 0.29) is 10.7 Å². The van der Waals surface area contributed by atoms with Gasteiger partial charge in [0.25, 0.3) is 11.8 Å². The number of hydrazine groups is 1. The van der Waals surface area contributed by atoms with E-state index in [0.29, 0.717) is 35.2 Å². The highest BCUT2D eigenvalue weighted by Gasteiger charge is 2.17. The van der Waals surface area contributed by atoms with Crippen molar-refractivity contribution in [3.8, 4) is 23.0 Å². The molecule has 0 aliphatic heterocycles. The largest absolute Gasteiger partial charge is 0.494 e. The molecule has 31 heavy (non-hydrogen) atoms. The van der Waals surface area contributed by atoms with Crippen LogP contribution in [0.5, 0.6) is 23.0 Å². The van der Waals surface area contributed by atoms with Crippen molar-refractivity contribution in [2.24, 2.45) is 0 Å². The number of thiocarbonyl (C=S) groups is 1. The van der Waals surface area contributed by atoms with Gasteiger partial charge in [0, 0.05) is 11.1 Å². The van der Waals surface area contributed by atoms with E-state index < -0.39 is 11.8 Å². The van der Waals surface area contributed by atoms with Crippen molar-refractivity contribution in [3.63, 3.8) is 0 Å². The molecule has 2 aromatic rings. The van der Waals surface area contributed by atoms with Crippen LogP contribution in [-0.2, 0) is 0 Å². The first-order valence-electron chi connectivity index (χ1n) is 9.38. The number of carbonyl (C=O) groups excluding carboxylic acids is 2. The summed E-state index contributed by atoms with van der Waals surface area (Å²) in [4.78, 5) is 24.7. The zero-order chi connectivity index (χ0) is 22.8. The third-order valence-corrected chi connectivity index (χ3v) is 4.24. The molecule has 0 atom stereocenters. The number of hydrogen-bond acceptors (Lipinski definition) is 7. The van der Waals surface area contributed by atoms with Crippen molar-refractivity contribution in [2.45, 2.75) is 13.3 Å². The number of hydrogen-bond donors (Lipinski definition) is 3. The van der Waals surface area contributed by atoms with Crippen LogP contribution in [0.15, 0.2) is 36.4 Å². The van der Waals surface area contributed by atoms with Gasteiger partial charge in [0.05, 0.1) is 27.9 Å². The molecule has 0 unspecified atom stereocenters. The van der Waals surface area contributed by atoms with Gasteiger partial charge >= 0.3 is 0 Å². The molecule has 2 rings (SSSR count). The minimum atomic E-state index is -0.520. The molecule has 2 amide bonds. The molecular formula is C21H25N3O6S. The average molecular weight is 448 g/mol. The van der Waals surface area contributed by atoms with Crippen LogP contribution in [0, 0.1) is 0 Å². The molecule has 0 saturated heterocycles. The van der Waals surface area contributed by atoms with Crippen molar-refractivity contribution >= 4 is 29.1 Å². The molecule has 0 spiro atoms. The van der Waals surface area contributed by atoms with Crippen LogP contribution in [0.4, 0.5) is 0 Å². The average Bonchev–Trinajstić information content (AvgIpc) is 2.80. The highest BCUT2D eigenvalue weighted by Crippen LogP contribution is 2.38. The lowest BCUT2D eigenvalue weighted by atomic mass is 10.1. The highest BCUT2D eigenvalue weighted by atomic mass is 32.1. The second-order valence-electron chi connectivity index (χ2n) is 6.15. The monoisotopic (exact) mass is 447 g/mol. The molecule has 0 aliphatic carbocycles. The van der Waals surface area contributed by atoms with E-state index in [9.17, 15) is 9.59 Å². The fourth-order valence-electron chi connectivity index (χ4n) is 2.53. The lowest BCUT2D eigenvalue weighted by molar-refractivity contribution is 0.0934. The standard InChI is InChI=1S/C21H25N3O6S/c1-5-10-30-15-8-6-13(7-9-15)19(25)22-21(31)24-23-20(26)14-11-16(27-2)18(29-4)17(12-14)28-3/h6-9,11-12H,5,10H2,1-4H3,(H,23,26)(H2,22,24,25,31). The van der Waals surface area contributed by atoms with Crippen molar-refractivity contribution < 1.29 is 28.5 Å². The zero-order valence-corrected chi connectivity index (χ0v) is 18.6. The first kappa shape index (κ1) is 23.7. The van der Waals surface area contributed by atoms with Crippen molar-refractivity contribution in [2.75, 3.05) is 27.9 Å². The van der Waals surface area contributed by atoms with Gasteiger partial charge in [-0.2, -0.15) is 0 Å². The van der Waals surface area contributed by atoms with Gasteiger partial charge in [0.2, 0.25) is 5.75 Å². The van der Waals surface area contributed by atoms with Gasteiger partial charge in [-0.25, -0.2) is 0 Å². The van der Waals surface area contributed by atoms with Gasteiger partial charge in [0.15, 0.2) is 16.6 Å². The SMILES string of the molecule is CCCOc1ccc(C(=O)NC(=S)NNC(=O)c2cc(OC)c(OC)c(OC)c2)cc1. The van der Waals surface area contributed by atoms with E-state index in [0.717, 1.165) is 6.42 Å². The van der Waals surface area contributed by atoms with Gasteiger partial charge < -0.3 is 18.9 Å². The molecule has 0 radical (unpaired) electrons. The smallest absolute Gasteiger partial charge is 0.269 e. The van der Waals surface area contributed by atoms with E-state index >= 15 is 0 Å². The molecule has 0 aliphatic rings. The molecule has 0 aromatic heterocycles. The van der Waals surface area contributed by atoms with E-state index in [1.54, 1.807) is 24.3 Å². The Balaban J connectivity index is 1.95. The Labute approximate surface area is 186 Å². The predicted octanol–water partition coefficient (Wildman–Crippen LogP) is 2.45. The Morgan fingerprint density at radius 2 is 1.48 bits per heavy atom.